The van der Waals surface area contributed by atoms with Crippen molar-refractivity contribution in [1.82, 2.24) is 42.4 Å². The fourth-order valence-corrected chi connectivity index (χ4v) is 10.4. The van der Waals surface area contributed by atoms with Gasteiger partial charge in [-0.2, -0.15) is 0 Å². The van der Waals surface area contributed by atoms with E-state index in [0.717, 1.165) is 42.1 Å². The van der Waals surface area contributed by atoms with E-state index in [4.69, 9.17) is 11.5 Å². The third kappa shape index (κ3) is 22.3. The van der Waals surface area contributed by atoms with Crippen LogP contribution in [0, 0.1) is 29.1 Å². The van der Waals surface area contributed by atoms with Crippen molar-refractivity contribution in [3.8, 4) is 0 Å². The number of amides is 6. The largest absolute Gasteiger partial charge is 0.370 e. The molecule has 84 heavy (non-hydrogen) atoms. The summed E-state index contributed by atoms with van der Waals surface area (Å²) in [7, 11) is 0. The van der Waals surface area contributed by atoms with E-state index in [1.807, 2.05) is 57.2 Å². The van der Waals surface area contributed by atoms with E-state index in [2.05, 4.69) is 42.4 Å². The fraction of sp³-hybridized carbons (Fsp3) is 0.645. The summed E-state index contributed by atoms with van der Waals surface area (Å²) < 4.78 is 0. The molecule has 0 fully saturated rings. The first kappa shape index (κ1) is 71.5. The highest BCUT2D eigenvalue weighted by atomic mass is 16.2. The SMILES string of the molecule is CC[C@H](C)[C@H](NN[C@H](C)C(N)=O)C(=O)C(=O)C(C)NC(=O)[C@H](C)NC(=O)[C@]1(C)CCC/C=C/CCCCCC[C@@](C)(CC(C)=O)C(=O)C[C@@H](Cc2c[nH]c3ccccc23)C(=O)NC(C)C(=O)C(=O)[C@H](CCC(N)=O)NC[C@@H](CC(C)C)C(=O)N1. The lowest BCUT2D eigenvalue weighted by molar-refractivity contribution is -0.141. The molecule has 0 bridgehead atoms. The molecule has 2 heterocycles. The van der Waals surface area contributed by atoms with E-state index < -0.39 is 118 Å². The van der Waals surface area contributed by atoms with Gasteiger partial charge in [-0.05, 0) is 123 Å². The lowest BCUT2D eigenvalue weighted by Gasteiger charge is -2.33. The Kier molecular flexibility index (Phi) is 29.1. The number of carbonyl (C=O) groups excluding carboxylic acids is 12. The maximum Gasteiger partial charge on any atom is 0.246 e. The summed E-state index contributed by atoms with van der Waals surface area (Å²) in [5, 5.41) is 14.7. The maximum atomic E-state index is 14.6. The molecule has 1 aliphatic rings. The number of hydrogen-bond donors (Lipinski definition) is 10. The number of rotatable bonds is 22. The number of benzene rings is 1. The van der Waals surface area contributed by atoms with Gasteiger partial charge in [0, 0.05) is 54.2 Å². The first-order valence-electron chi connectivity index (χ1n) is 29.9. The summed E-state index contributed by atoms with van der Waals surface area (Å²) in [6, 6.07) is 0.200. The molecule has 3 rings (SSSR count). The summed E-state index contributed by atoms with van der Waals surface area (Å²) in [6.45, 7) is 17.4. The lowest BCUT2D eigenvalue weighted by atomic mass is 9.73. The molecule has 0 spiro atoms. The summed E-state index contributed by atoms with van der Waals surface area (Å²) in [4.78, 5) is 167. The Hall–Kier alpha value is -6.78. The van der Waals surface area contributed by atoms with Gasteiger partial charge < -0.3 is 43.0 Å². The molecule has 2 unspecified atom stereocenters. The number of hydrazine groups is 1. The Labute approximate surface area is 495 Å². The van der Waals surface area contributed by atoms with Crippen molar-refractivity contribution in [2.75, 3.05) is 6.54 Å². The third-order valence-electron chi connectivity index (χ3n) is 16.1. The highest BCUT2D eigenvalue weighted by Crippen LogP contribution is 2.34. The molecule has 12 N–H and O–H groups in total. The number of nitrogens with two attached hydrogens (primary N) is 2. The number of ketones is 6. The monoisotopic (exact) mass is 1170 g/mol. The quantitative estimate of drug-likeness (QED) is 0.0447. The van der Waals surface area contributed by atoms with Crippen molar-refractivity contribution < 1.29 is 57.5 Å². The molecule has 6 amide bonds. The number of carbonyl (C=O) groups is 12. The van der Waals surface area contributed by atoms with Crippen molar-refractivity contribution in [2.45, 2.75) is 221 Å². The van der Waals surface area contributed by atoms with Gasteiger partial charge in [-0.3, -0.25) is 57.5 Å². The third-order valence-corrected chi connectivity index (χ3v) is 16.1. The average Bonchev–Trinajstić information content (AvgIpc) is 3.17. The summed E-state index contributed by atoms with van der Waals surface area (Å²) in [5.41, 5.74) is 15.1. The number of aromatic nitrogens is 1. The second-order valence-electron chi connectivity index (χ2n) is 24.1. The number of hydrogen-bond acceptors (Lipinski definition) is 15. The molecule has 1 aromatic heterocycles. The van der Waals surface area contributed by atoms with Crippen LogP contribution in [0.4, 0.5) is 0 Å². The van der Waals surface area contributed by atoms with E-state index in [0.29, 0.717) is 32.1 Å². The van der Waals surface area contributed by atoms with Gasteiger partial charge in [0.05, 0.1) is 36.1 Å². The minimum atomic E-state index is -1.64. The Morgan fingerprint density at radius 1 is 0.750 bits per heavy atom. The normalized spacial score (nSPS) is 24.7. The van der Waals surface area contributed by atoms with Gasteiger partial charge in [-0.25, -0.2) is 10.9 Å². The Balaban J connectivity index is 1.98. The molecule has 2 aromatic rings. The van der Waals surface area contributed by atoms with Gasteiger partial charge >= 0.3 is 0 Å². The smallest absolute Gasteiger partial charge is 0.246 e. The molecule has 0 saturated carbocycles. The van der Waals surface area contributed by atoms with Crippen LogP contribution in [0.1, 0.15) is 178 Å². The molecule has 466 valence electrons. The standard InChI is InChI=1S/C62H96N10O12/c1-12-37(4)51(72-71-41(8)56(64)80)55(79)53(77)40(7)67-57(81)42(9)69-60(84)62(11)29-23-19-17-15-13-14-16-18-22-28-61(10,33-38(5)73)49(74)32-43(31-44-34-65-47-25-21-20-24-46(44)47)58(82)68-39(6)52(76)54(78)48(26-27-50(63)75)66-35-45(30-36(2)3)59(83)70-62/h15,17,20-21,24-25,34,36-37,39-43,45,48,51,65-66,71-72H,12-14,16,18-19,22-23,26-33,35H2,1-11H3,(H2,63,75)(H2,64,80)(H,67,81)(H,68,82)(H,69,84)(H,70,83)/b17-15+/t37-,39?,40?,41+,42-,43+,45+,48-,51-,61-,62-/m0/s1. The van der Waals surface area contributed by atoms with Crippen LogP contribution in [0.3, 0.4) is 0 Å². The number of nitrogens with one attached hydrogen (secondary N) is 8. The molecule has 0 radical (unpaired) electrons. The van der Waals surface area contributed by atoms with E-state index in [9.17, 15) is 57.5 Å². The van der Waals surface area contributed by atoms with E-state index in [1.165, 1.54) is 41.5 Å². The van der Waals surface area contributed by atoms with Crippen LogP contribution >= 0.6 is 0 Å². The summed E-state index contributed by atoms with van der Waals surface area (Å²) in [6.07, 6.45) is 11.1. The van der Waals surface area contributed by atoms with Gasteiger partial charge in [-0.15, -0.1) is 0 Å². The second kappa shape index (κ2) is 34.2. The van der Waals surface area contributed by atoms with Crippen molar-refractivity contribution in [3.05, 3.63) is 48.2 Å². The topological polar surface area (TPSA) is 357 Å². The summed E-state index contributed by atoms with van der Waals surface area (Å²) >= 11 is 0. The van der Waals surface area contributed by atoms with Crippen molar-refractivity contribution >= 4 is 81.0 Å². The number of para-hydroxylation sites is 1. The first-order chi connectivity index (χ1) is 39.4. The first-order valence-corrected chi connectivity index (χ1v) is 29.9. The highest BCUT2D eigenvalue weighted by molar-refractivity contribution is 6.41. The summed E-state index contributed by atoms with van der Waals surface area (Å²) in [5.74, 6) is -10.9. The van der Waals surface area contributed by atoms with Crippen molar-refractivity contribution in [2.24, 2.45) is 40.6 Å². The van der Waals surface area contributed by atoms with Gasteiger partial charge in [0.25, 0.3) is 0 Å². The van der Waals surface area contributed by atoms with E-state index in [-0.39, 0.29) is 74.9 Å². The number of allylic oxidation sites excluding steroid dienone is 2. The average molecular weight is 1170 g/mol. The maximum absolute atomic E-state index is 14.6. The zero-order valence-corrected chi connectivity index (χ0v) is 51.4. The van der Waals surface area contributed by atoms with Gasteiger partial charge in [0.15, 0.2) is 0 Å². The molecule has 0 aliphatic carbocycles. The van der Waals surface area contributed by atoms with E-state index >= 15 is 0 Å². The van der Waals surface area contributed by atoms with Gasteiger partial charge in [0.2, 0.25) is 58.6 Å². The van der Waals surface area contributed by atoms with Crippen LogP contribution in [-0.2, 0) is 64.0 Å². The van der Waals surface area contributed by atoms with Gasteiger partial charge in [-0.1, -0.05) is 90.7 Å². The second-order valence-corrected chi connectivity index (χ2v) is 24.1. The predicted molar refractivity (Wildman–Crippen MR) is 320 cm³/mol. The highest BCUT2D eigenvalue weighted by Gasteiger charge is 2.41. The molecule has 1 aromatic carbocycles. The van der Waals surface area contributed by atoms with Crippen LogP contribution in [0.15, 0.2) is 42.6 Å². The van der Waals surface area contributed by atoms with Crippen molar-refractivity contribution in [3.63, 3.8) is 0 Å². The Morgan fingerprint density at radius 3 is 2.04 bits per heavy atom. The fourth-order valence-electron chi connectivity index (χ4n) is 10.4. The molecule has 0 saturated heterocycles. The number of H-pyrrole nitrogens is 1. The van der Waals surface area contributed by atoms with Crippen LogP contribution in [-0.4, -0.2) is 123 Å². The number of aromatic amines is 1. The minimum absolute atomic E-state index is 0.0172. The van der Waals surface area contributed by atoms with Crippen LogP contribution in [0.2, 0.25) is 0 Å². The lowest BCUT2D eigenvalue weighted by Crippen LogP contribution is -2.62. The molecule has 1 aliphatic heterocycles. The van der Waals surface area contributed by atoms with Crippen LogP contribution < -0.4 is 48.9 Å². The van der Waals surface area contributed by atoms with Crippen LogP contribution in [0.5, 0.6) is 0 Å². The number of fused-ring (bicyclic) bond motifs is 1. The van der Waals surface area contributed by atoms with Crippen LogP contribution in [0.25, 0.3) is 10.9 Å². The Morgan fingerprint density at radius 2 is 1.40 bits per heavy atom. The molecular weight excluding hydrogens is 1080 g/mol. The molecular formula is C62H96N10O12. The molecule has 22 heteroatoms. The Bertz CT molecular complexity index is 2690. The van der Waals surface area contributed by atoms with Crippen molar-refractivity contribution in [1.29, 1.82) is 0 Å². The zero-order valence-electron chi connectivity index (χ0n) is 51.4. The number of primary amides is 2. The van der Waals surface area contributed by atoms with Gasteiger partial charge in [0.1, 0.15) is 23.1 Å². The predicted octanol–water partition coefficient (Wildman–Crippen LogP) is 4.29. The minimum Gasteiger partial charge on any atom is -0.370 e. The zero-order chi connectivity index (χ0) is 63.1. The molecule has 11 atom stereocenters. The molecule has 22 nitrogen and oxygen atoms in total. The van der Waals surface area contributed by atoms with E-state index in [1.54, 1.807) is 20.0 Å². The number of Topliss-reactive ketones (excluding diaryl/α,β-unsaturated/α-hetero) is 6.